The molecule has 2 aromatic rings. The Morgan fingerprint density at radius 1 is 1.10 bits per heavy atom. The molecule has 1 aromatic carbocycles. The van der Waals surface area contributed by atoms with Crippen molar-refractivity contribution in [2.75, 3.05) is 5.01 Å². The van der Waals surface area contributed by atoms with Gasteiger partial charge < -0.3 is 0 Å². The first kappa shape index (κ1) is 13.1. The van der Waals surface area contributed by atoms with Crippen LogP contribution in [0.2, 0.25) is 0 Å². The van der Waals surface area contributed by atoms with E-state index in [9.17, 15) is 4.79 Å². The normalized spacial score (nSPS) is 18.3. The Bertz CT molecular complexity index is 697. The number of rotatable bonds is 3. The molecule has 21 heavy (non-hydrogen) atoms. The molecule has 0 aliphatic carbocycles. The second kappa shape index (κ2) is 5.62. The Kier molecular flexibility index (Phi) is 3.51. The summed E-state index contributed by atoms with van der Waals surface area (Å²) in [5.41, 5.74) is 1.33. The SMILES string of the molecule is CC1=NN(c2ccccc2)C(=O)C1N=Nc1ccccn1. The molecule has 1 aliphatic heterocycles. The molecular formula is C15H13N5O. The second-order valence-corrected chi connectivity index (χ2v) is 4.53. The van der Waals surface area contributed by atoms with E-state index in [0.29, 0.717) is 11.5 Å². The standard InChI is InChI=1S/C15H13N5O/c1-11-14(18-17-13-9-5-6-10-16-13)15(21)20(19-11)12-7-3-2-4-8-12/h2-10,14H,1H3. The summed E-state index contributed by atoms with van der Waals surface area (Å²) in [4.78, 5) is 16.4. The number of azo groups is 1. The zero-order chi connectivity index (χ0) is 14.7. The van der Waals surface area contributed by atoms with Gasteiger partial charge in [0.15, 0.2) is 11.9 Å². The third kappa shape index (κ3) is 2.69. The van der Waals surface area contributed by atoms with E-state index < -0.39 is 6.04 Å². The molecule has 0 bridgehead atoms. The number of hydrazone groups is 1. The molecular weight excluding hydrogens is 266 g/mol. The summed E-state index contributed by atoms with van der Waals surface area (Å²) in [5.74, 6) is 0.259. The first-order valence-electron chi connectivity index (χ1n) is 6.52. The molecule has 6 heteroatoms. The summed E-state index contributed by atoms with van der Waals surface area (Å²) in [5, 5.41) is 13.7. The first-order chi connectivity index (χ1) is 10.3. The molecule has 2 heterocycles. The average Bonchev–Trinajstić information content (AvgIpc) is 2.82. The van der Waals surface area contributed by atoms with Crippen LogP contribution in [0.25, 0.3) is 0 Å². The van der Waals surface area contributed by atoms with Crippen LogP contribution in [-0.4, -0.2) is 22.6 Å². The molecule has 104 valence electrons. The van der Waals surface area contributed by atoms with Crippen LogP contribution in [-0.2, 0) is 4.79 Å². The summed E-state index contributed by atoms with van der Waals surface area (Å²) >= 11 is 0. The lowest BCUT2D eigenvalue weighted by molar-refractivity contribution is -0.117. The number of pyridine rings is 1. The van der Waals surface area contributed by atoms with Crippen molar-refractivity contribution in [3.8, 4) is 0 Å². The molecule has 1 aliphatic rings. The van der Waals surface area contributed by atoms with Crippen molar-refractivity contribution in [1.82, 2.24) is 4.98 Å². The monoisotopic (exact) mass is 279 g/mol. The number of nitrogens with zero attached hydrogens (tertiary/aromatic N) is 5. The number of hydrogen-bond acceptors (Lipinski definition) is 5. The lowest BCUT2D eigenvalue weighted by Crippen LogP contribution is -2.29. The van der Waals surface area contributed by atoms with Crippen LogP contribution in [0.4, 0.5) is 11.5 Å². The van der Waals surface area contributed by atoms with E-state index in [1.54, 1.807) is 25.3 Å². The largest absolute Gasteiger partial charge is 0.280 e. The topological polar surface area (TPSA) is 70.3 Å². The summed E-state index contributed by atoms with van der Waals surface area (Å²) < 4.78 is 0. The maximum absolute atomic E-state index is 12.4. The van der Waals surface area contributed by atoms with Gasteiger partial charge in [0.1, 0.15) is 0 Å². The summed E-state index contributed by atoms with van der Waals surface area (Å²) in [6, 6.07) is 13.9. The number of amides is 1. The van der Waals surface area contributed by atoms with Gasteiger partial charge in [-0.05, 0) is 31.2 Å². The molecule has 1 aromatic heterocycles. The number of carbonyl (C=O) groups is 1. The fourth-order valence-electron chi connectivity index (χ4n) is 1.97. The van der Waals surface area contributed by atoms with E-state index in [1.165, 1.54) is 5.01 Å². The summed E-state index contributed by atoms with van der Waals surface area (Å²) in [7, 11) is 0. The van der Waals surface area contributed by atoms with Crippen LogP contribution in [0.3, 0.4) is 0 Å². The van der Waals surface area contributed by atoms with E-state index in [2.05, 4.69) is 20.3 Å². The molecule has 0 N–H and O–H groups in total. The minimum Gasteiger partial charge on any atom is -0.269 e. The van der Waals surface area contributed by atoms with E-state index >= 15 is 0 Å². The van der Waals surface area contributed by atoms with Crippen molar-refractivity contribution in [1.29, 1.82) is 0 Å². The smallest absolute Gasteiger partial charge is 0.269 e. The van der Waals surface area contributed by atoms with Gasteiger partial charge in [-0.25, -0.2) is 4.98 Å². The molecule has 1 unspecified atom stereocenters. The van der Waals surface area contributed by atoms with Gasteiger partial charge in [-0.15, -0.1) is 5.11 Å². The van der Waals surface area contributed by atoms with Crippen LogP contribution in [0.15, 0.2) is 70.1 Å². The number of carbonyl (C=O) groups excluding carboxylic acids is 1. The second-order valence-electron chi connectivity index (χ2n) is 4.53. The maximum atomic E-state index is 12.4. The number of hydrogen-bond donors (Lipinski definition) is 0. The highest BCUT2D eigenvalue weighted by atomic mass is 16.2. The predicted octanol–water partition coefficient (Wildman–Crippen LogP) is 2.96. The van der Waals surface area contributed by atoms with Gasteiger partial charge in [0.25, 0.3) is 5.91 Å². The van der Waals surface area contributed by atoms with Gasteiger partial charge in [0.05, 0.1) is 11.4 Å². The van der Waals surface area contributed by atoms with Gasteiger partial charge in [0, 0.05) is 6.20 Å². The van der Waals surface area contributed by atoms with Crippen LogP contribution in [0.1, 0.15) is 6.92 Å². The molecule has 1 amide bonds. The van der Waals surface area contributed by atoms with Gasteiger partial charge in [-0.2, -0.15) is 15.2 Å². The molecule has 6 nitrogen and oxygen atoms in total. The highest BCUT2D eigenvalue weighted by Gasteiger charge is 2.34. The fourth-order valence-corrected chi connectivity index (χ4v) is 1.97. The van der Waals surface area contributed by atoms with Crippen LogP contribution >= 0.6 is 0 Å². The summed E-state index contributed by atoms with van der Waals surface area (Å²) in [6.07, 6.45) is 1.63. The van der Waals surface area contributed by atoms with Gasteiger partial charge in [-0.1, -0.05) is 24.3 Å². The van der Waals surface area contributed by atoms with Crippen molar-refractivity contribution < 1.29 is 4.79 Å². The van der Waals surface area contributed by atoms with Crippen molar-refractivity contribution in [2.45, 2.75) is 13.0 Å². The van der Waals surface area contributed by atoms with Crippen molar-refractivity contribution in [3.63, 3.8) is 0 Å². The number of para-hydroxylation sites is 1. The minimum atomic E-state index is -0.688. The maximum Gasteiger partial charge on any atom is 0.280 e. The Morgan fingerprint density at radius 3 is 2.57 bits per heavy atom. The highest BCUT2D eigenvalue weighted by Crippen LogP contribution is 2.22. The van der Waals surface area contributed by atoms with E-state index in [1.807, 2.05) is 36.4 Å². The van der Waals surface area contributed by atoms with Gasteiger partial charge >= 0.3 is 0 Å². The Hall–Kier alpha value is -2.89. The Morgan fingerprint density at radius 2 is 1.86 bits per heavy atom. The fraction of sp³-hybridized carbons (Fsp3) is 0.133. The third-order valence-corrected chi connectivity index (χ3v) is 3.02. The molecule has 0 saturated carbocycles. The van der Waals surface area contributed by atoms with Crippen LogP contribution < -0.4 is 5.01 Å². The van der Waals surface area contributed by atoms with E-state index in [-0.39, 0.29) is 5.91 Å². The molecule has 0 spiro atoms. The molecule has 1 atom stereocenters. The Labute approximate surface area is 121 Å². The van der Waals surface area contributed by atoms with E-state index in [4.69, 9.17) is 0 Å². The predicted molar refractivity (Wildman–Crippen MR) is 79.6 cm³/mol. The third-order valence-electron chi connectivity index (χ3n) is 3.02. The zero-order valence-electron chi connectivity index (χ0n) is 11.4. The quantitative estimate of drug-likeness (QED) is 0.810. The van der Waals surface area contributed by atoms with Crippen LogP contribution in [0.5, 0.6) is 0 Å². The average molecular weight is 279 g/mol. The van der Waals surface area contributed by atoms with Crippen molar-refractivity contribution in [3.05, 3.63) is 54.7 Å². The number of aromatic nitrogens is 1. The van der Waals surface area contributed by atoms with Gasteiger partial charge in [0.2, 0.25) is 0 Å². The lowest BCUT2D eigenvalue weighted by atomic mass is 10.2. The summed E-state index contributed by atoms with van der Waals surface area (Å²) in [6.45, 7) is 1.77. The highest BCUT2D eigenvalue weighted by molar-refractivity contribution is 6.18. The number of anilines is 1. The molecule has 0 saturated heterocycles. The first-order valence-corrected chi connectivity index (χ1v) is 6.52. The van der Waals surface area contributed by atoms with E-state index in [0.717, 1.165) is 5.69 Å². The van der Waals surface area contributed by atoms with Crippen LogP contribution in [0, 0.1) is 0 Å². The van der Waals surface area contributed by atoms with Gasteiger partial charge in [-0.3, -0.25) is 4.79 Å². The van der Waals surface area contributed by atoms with Crippen molar-refractivity contribution >= 4 is 23.1 Å². The molecule has 0 radical (unpaired) electrons. The van der Waals surface area contributed by atoms with Crippen molar-refractivity contribution in [2.24, 2.45) is 15.3 Å². The number of benzene rings is 1. The lowest BCUT2D eigenvalue weighted by Gasteiger charge is -2.11. The molecule has 3 rings (SSSR count). The zero-order valence-corrected chi connectivity index (χ0v) is 11.4. The minimum absolute atomic E-state index is 0.210. The Balaban J connectivity index is 1.81. The molecule has 0 fully saturated rings.